The van der Waals surface area contributed by atoms with Crippen LogP contribution in [0.1, 0.15) is 26.3 Å². The van der Waals surface area contributed by atoms with Gasteiger partial charge in [0.1, 0.15) is 5.52 Å². The number of hydrogen-bond donors (Lipinski definition) is 1. The normalized spacial score (nSPS) is 12.0. The lowest BCUT2D eigenvalue weighted by atomic mass is 9.87. The van der Waals surface area contributed by atoms with E-state index in [0.717, 1.165) is 20.8 Å². The zero-order valence-electron chi connectivity index (χ0n) is 12.4. The summed E-state index contributed by atoms with van der Waals surface area (Å²) in [5, 5.41) is 0. The predicted molar refractivity (Wildman–Crippen MR) is 93.3 cm³/mol. The molecule has 0 atom stereocenters. The standard InChI is InChI=1S/C17H18N2S2/c1-17(2,3)11-4-6-12(7-5-11)21-13-8-9-14-16(15(13)18)19-10-20-14/h4-10H,18H2,1-3H3. The zero-order valence-corrected chi connectivity index (χ0v) is 14.0. The smallest absolute Gasteiger partial charge is 0.105 e. The molecule has 0 aliphatic heterocycles. The Labute approximate surface area is 133 Å². The molecule has 0 aliphatic carbocycles. The van der Waals surface area contributed by atoms with E-state index in [0.29, 0.717) is 0 Å². The van der Waals surface area contributed by atoms with Gasteiger partial charge < -0.3 is 5.73 Å². The van der Waals surface area contributed by atoms with Crippen LogP contribution in [0.3, 0.4) is 0 Å². The fourth-order valence-electron chi connectivity index (χ4n) is 2.17. The first-order valence-electron chi connectivity index (χ1n) is 6.85. The summed E-state index contributed by atoms with van der Waals surface area (Å²) in [4.78, 5) is 6.61. The fourth-order valence-corrected chi connectivity index (χ4v) is 3.73. The maximum atomic E-state index is 6.23. The minimum atomic E-state index is 0.182. The number of nitrogens with two attached hydrogens (primary N) is 1. The van der Waals surface area contributed by atoms with E-state index in [1.807, 2.05) is 5.51 Å². The molecule has 2 nitrogen and oxygen atoms in total. The molecule has 3 aromatic rings. The summed E-state index contributed by atoms with van der Waals surface area (Å²) in [6.07, 6.45) is 0. The molecule has 0 saturated carbocycles. The Morgan fingerprint density at radius 3 is 2.43 bits per heavy atom. The number of nitrogen functional groups attached to an aromatic ring is 1. The van der Waals surface area contributed by atoms with Crippen molar-refractivity contribution in [1.29, 1.82) is 0 Å². The van der Waals surface area contributed by atoms with E-state index in [2.05, 4.69) is 62.2 Å². The summed E-state index contributed by atoms with van der Waals surface area (Å²) >= 11 is 3.31. The molecule has 108 valence electrons. The highest BCUT2D eigenvalue weighted by Gasteiger charge is 2.13. The third-order valence-electron chi connectivity index (χ3n) is 3.45. The van der Waals surface area contributed by atoms with Crippen LogP contribution < -0.4 is 5.73 Å². The first-order chi connectivity index (χ1) is 9.95. The molecule has 1 aromatic heterocycles. The Morgan fingerprint density at radius 1 is 1.05 bits per heavy atom. The third-order valence-corrected chi connectivity index (χ3v) is 5.33. The van der Waals surface area contributed by atoms with Crippen molar-refractivity contribution in [3.63, 3.8) is 0 Å². The van der Waals surface area contributed by atoms with Crippen LogP contribution in [0.15, 0.2) is 51.7 Å². The maximum Gasteiger partial charge on any atom is 0.105 e. The molecule has 0 unspecified atom stereocenters. The maximum absolute atomic E-state index is 6.23. The summed E-state index contributed by atoms with van der Waals surface area (Å²) in [6.45, 7) is 6.68. The van der Waals surface area contributed by atoms with Crippen molar-refractivity contribution in [2.45, 2.75) is 36.0 Å². The van der Waals surface area contributed by atoms with Gasteiger partial charge in [0.05, 0.1) is 15.9 Å². The van der Waals surface area contributed by atoms with Crippen LogP contribution in [0.2, 0.25) is 0 Å². The van der Waals surface area contributed by atoms with Crippen LogP contribution in [0.5, 0.6) is 0 Å². The Hall–Kier alpha value is -1.52. The van der Waals surface area contributed by atoms with Gasteiger partial charge in [-0.05, 0) is 35.2 Å². The van der Waals surface area contributed by atoms with E-state index in [9.17, 15) is 0 Å². The molecule has 0 aliphatic rings. The zero-order chi connectivity index (χ0) is 15.0. The molecule has 0 bridgehead atoms. The summed E-state index contributed by atoms with van der Waals surface area (Å²) in [5.41, 5.74) is 11.3. The first kappa shape index (κ1) is 14.4. The minimum Gasteiger partial charge on any atom is -0.396 e. The molecular formula is C17H18N2S2. The highest BCUT2D eigenvalue weighted by molar-refractivity contribution is 7.99. The molecule has 2 N–H and O–H groups in total. The molecular weight excluding hydrogens is 296 g/mol. The van der Waals surface area contributed by atoms with Crippen molar-refractivity contribution in [2.24, 2.45) is 0 Å². The van der Waals surface area contributed by atoms with Crippen LogP contribution in [0.4, 0.5) is 5.69 Å². The predicted octanol–water partition coefficient (Wildman–Crippen LogP) is 5.33. The van der Waals surface area contributed by atoms with Crippen molar-refractivity contribution in [3.05, 3.63) is 47.5 Å². The highest BCUT2D eigenvalue weighted by atomic mass is 32.2. The fraction of sp³-hybridized carbons (Fsp3) is 0.235. The SMILES string of the molecule is CC(C)(C)c1ccc(Sc2ccc3scnc3c2N)cc1. The number of fused-ring (bicyclic) bond motifs is 1. The van der Waals surface area contributed by atoms with Gasteiger partial charge in [-0.25, -0.2) is 4.98 Å². The van der Waals surface area contributed by atoms with E-state index in [-0.39, 0.29) is 5.41 Å². The lowest BCUT2D eigenvalue weighted by Crippen LogP contribution is -2.10. The second kappa shape index (κ2) is 5.35. The van der Waals surface area contributed by atoms with Crippen molar-refractivity contribution in [3.8, 4) is 0 Å². The molecule has 0 spiro atoms. The summed E-state index contributed by atoms with van der Waals surface area (Å²) in [5.74, 6) is 0. The van der Waals surface area contributed by atoms with E-state index < -0.39 is 0 Å². The Kier molecular flexibility index (Phi) is 3.68. The van der Waals surface area contributed by atoms with Gasteiger partial charge in [-0.2, -0.15) is 0 Å². The van der Waals surface area contributed by atoms with Gasteiger partial charge in [0.25, 0.3) is 0 Å². The Bertz CT molecular complexity index is 768. The molecule has 2 aromatic carbocycles. The summed E-state index contributed by atoms with van der Waals surface area (Å²) in [7, 11) is 0. The van der Waals surface area contributed by atoms with Gasteiger partial charge in [-0.3, -0.25) is 0 Å². The molecule has 1 heterocycles. The minimum absolute atomic E-state index is 0.182. The molecule has 3 rings (SSSR count). The van der Waals surface area contributed by atoms with Gasteiger partial charge in [0.2, 0.25) is 0 Å². The number of anilines is 1. The quantitative estimate of drug-likeness (QED) is 0.650. The second-order valence-corrected chi connectivity index (χ2v) is 8.05. The summed E-state index contributed by atoms with van der Waals surface area (Å²) < 4.78 is 1.14. The topological polar surface area (TPSA) is 38.9 Å². The van der Waals surface area contributed by atoms with E-state index in [1.54, 1.807) is 23.1 Å². The van der Waals surface area contributed by atoms with Crippen LogP contribution in [-0.4, -0.2) is 4.98 Å². The molecule has 21 heavy (non-hydrogen) atoms. The van der Waals surface area contributed by atoms with Gasteiger partial charge in [-0.15, -0.1) is 11.3 Å². The lowest BCUT2D eigenvalue weighted by molar-refractivity contribution is 0.590. The van der Waals surface area contributed by atoms with E-state index >= 15 is 0 Å². The molecule has 4 heteroatoms. The van der Waals surface area contributed by atoms with Crippen LogP contribution >= 0.6 is 23.1 Å². The number of hydrogen-bond acceptors (Lipinski definition) is 4. The van der Waals surface area contributed by atoms with Crippen LogP contribution in [0.25, 0.3) is 10.2 Å². The first-order valence-corrected chi connectivity index (χ1v) is 8.55. The number of benzene rings is 2. The molecule has 0 radical (unpaired) electrons. The monoisotopic (exact) mass is 314 g/mol. The lowest BCUT2D eigenvalue weighted by Gasteiger charge is -2.19. The van der Waals surface area contributed by atoms with Gasteiger partial charge in [0.15, 0.2) is 0 Å². The van der Waals surface area contributed by atoms with Crippen molar-refractivity contribution in [2.75, 3.05) is 5.73 Å². The third kappa shape index (κ3) is 2.92. The number of rotatable bonds is 2. The molecule has 0 saturated heterocycles. The average Bonchev–Trinajstić information content (AvgIpc) is 2.91. The average molecular weight is 314 g/mol. The van der Waals surface area contributed by atoms with Crippen LogP contribution in [0, 0.1) is 0 Å². The van der Waals surface area contributed by atoms with Crippen molar-refractivity contribution < 1.29 is 0 Å². The largest absolute Gasteiger partial charge is 0.396 e. The van der Waals surface area contributed by atoms with E-state index in [1.165, 1.54) is 10.5 Å². The van der Waals surface area contributed by atoms with Gasteiger partial charge in [-0.1, -0.05) is 44.7 Å². The van der Waals surface area contributed by atoms with Gasteiger partial charge >= 0.3 is 0 Å². The van der Waals surface area contributed by atoms with E-state index in [4.69, 9.17) is 5.73 Å². The van der Waals surface area contributed by atoms with Crippen molar-refractivity contribution >= 4 is 39.0 Å². The number of thiazole rings is 1. The number of nitrogens with zero attached hydrogens (tertiary/aromatic N) is 1. The van der Waals surface area contributed by atoms with Crippen LogP contribution in [-0.2, 0) is 5.41 Å². The van der Waals surface area contributed by atoms with Crippen molar-refractivity contribution in [1.82, 2.24) is 4.98 Å². The molecule has 0 amide bonds. The Balaban J connectivity index is 1.90. The second-order valence-electron chi connectivity index (χ2n) is 6.05. The molecule has 0 fully saturated rings. The summed E-state index contributed by atoms with van der Waals surface area (Å²) in [6, 6.07) is 12.9. The number of aromatic nitrogens is 1. The Morgan fingerprint density at radius 2 is 1.76 bits per heavy atom. The van der Waals surface area contributed by atoms with Gasteiger partial charge in [0, 0.05) is 9.79 Å². The highest BCUT2D eigenvalue weighted by Crippen LogP contribution is 2.37.